The quantitative estimate of drug-likeness (QED) is 0.777. The number of hydrogen-bond acceptors (Lipinski definition) is 2. The lowest BCUT2D eigenvalue weighted by atomic mass is 10.1. The van der Waals surface area contributed by atoms with Crippen molar-refractivity contribution < 1.29 is 5.11 Å². The summed E-state index contributed by atoms with van der Waals surface area (Å²) in [7, 11) is 0. The van der Waals surface area contributed by atoms with Gasteiger partial charge < -0.3 is 5.11 Å². The first-order valence-electron chi connectivity index (χ1n) is 4.81. The van der Waals surface area contributed by atoms with Crippen LogP contribution in [0.15, 0.2) is 0 Å². The van der Waals surface area contributed by atoms with Crippen LogP contribution in [0.3, 0.4) is 0 Å². The fourth-order valence-electron chi connectivity index (χ4n) is 1.39. The van der Waals surface area contributed by atoms with Crippen LogP contribution in [0.1, 0.15) is 32.0 Å². The molecule has 1 aromatic rings. The normalized spacial score (nSPS) is 11.2. The van der Waals surface area contributed by atoms with Gasteiger partial charge in [-0.3, -0.25) is 0 Å². The Morgan fingerprint density at radius 3 is 2.46 bits per heavy atom. The first-order valence-corrected chi connectivity index (χ1v) is 4.81. The molecule has 74 valence electrons. The monoisotopic (exact) mass is 182 g/mol. The summed E-state index contributed by atoms with van der Waals surface area (Å²) in [5.74, 6) is 0.899. The van der Waals surface area contributed by atoms with E-state index in [0.29, 0.717) is 11.8 Å². The molecule has 3 nitrogen and oxygen atoms in total. The third-order valence-electron chi connectivity index (χ3n) is 2.16. The Labute approximate surface area is 79.4 Å². The van der Waals surface area contributed by atoms with Crippen LogP contribution in [0, 0.1) is 12.8 Å². The van der Waals surface area contributed by atoms with Crippen LogP contribution in [0.5, 0.6) is 5.88 Å². The number of aromatic hydroxyl groups is 1. The van der Waals surface area contributed by atoms with Crippen molar-refractivity contribution in [3.05, 3.63) is 11.3 Å². The van der Waals surface area contributed by atoms with Crippen molar-refractivity contribution in [2.45, 2.75) is 40.7 Å². The van der Waals surface area contributed by atoms with E-state index in [2.05, 4.69) is 18.9 Å². The Hall–Kier alpha value is -0.990. The van der Waals surface area contributed by atoms with Gasteiger partial charge in [-0.25, -0.2) is 4.68 Å². The molecule has 0 spiro atoms. The number of rotatable bonds is 3. The zero-order valence-corrected chi connectivity index (χ0v) is 8.83. The number of aryl methyl sites for hydroxylation is 1. The average Bonchev–Trinajstić information content (AvgIpc) is 2.32. The summed E-state index contributed by atoms with van der Waals surface area (Å²) in [5, 5.41) is 14.0. The van der Waals surface area contributed by atoms with Gasteiger partial charge in [0, 0.05) is 12.1 Å². The van der Waals surface area contributed by atoms with Crippen LogP contribution >= 0.6 is 0 Å². The highest BCUT2D eigenvalue weighted by Gasteiger charge is 2.12. The molecule has 0 aliphatic carbocycles. The van der Waals surface area contributed by atoms with Crippen molar-refractivity contribution in [2.24, 2.45) is 5.92 Å². The molecule has 0 aromatic carbocycles. The maximum atomic E-state index is 9.63. The molecule has 0 bridgehead atoms. The molecular formula is C10H18N2O. The summed E-state index contributed by atoms with van der Waals surface area (Å²) in [5.41, 5.74) is 1.95. The van der Waals surface area contributed by atoms with Crippen LogP contribution in [0.4, 0.5) is 0 Å². The zero-order chi connectivity index (χ0) is 10.0. The van der Waals surface area contributed by atoms with Crippen molar-refractivity contribution in [2.75, 3.05) is 0 Å². The van der Waals surface area contributed by atoms with E-state index in [-0.39, 0.29) is 0 Å². The van der Waals surface area contributed by atoms with Gasteiger partial charge in [-0.15, -0.1) is 0 Å². The van der Waals surface area contributed by atoms with Crippen LogP contribution < -0.4 is 0 Å². The lowest BCUT2D eigenvalue weighted by Gasteiger charge is -2.00. The van der Waals surface area contributed by atoms with Crippen molar-refractivity contribution >= 4 is 0 Å². The van der Waals surface area contributed by atoms with E-state index in [4.69, 9.17) is 0 Å². The van der Waals surface area contributed by atoms with E-state index >= 15 is 0 Å². The fourth-order valence-corrected chi connectivity index (χ4v) is 1.39. The second kappa shape index (κ2) is 3.81. The first kappa shape index (κ1) is 10.1. The Kier molecular flexibility index (Phi) is 2.96. The maximum absolute atomic E-state index is 9.63. The molecule has 1 heterocycles. The zero-order valence-electron chi connectivity index (χ0n) is 8.83. The summed E-state index contributed by atoms with van der Waals surface area (Å²) >= 11 is 0. The summed E-state index contributed by atoms with van der Waals surface area (Å²) in [4.78, 5) is 0. The first-order chi connectivity index (χ1) is 6.06. The van der Waals surface area contributed by atoms with Gasteiger partial charge in [0.25, 0.3) is 0 Å². The minimum Gasteiger partial charge on any atom is -0.493 e. The highest BCUT2D eigenvalue weighted by Crippen LogP contribution is 2.21. The summed E-state index contributed by atoms with van der Waals surface area (Å²) < 4.78 is 1.65. The molecule has 0 fully saturated rings. The standard InChI is InChI=1S/C10H18N2O/c1-5-12-10(13)8(4)9(11-12)6-7(2)3/h7,13H,5-6H2,1-4H3. The topological polar surface area (TPSA) is 38.0 Å². The van der Waals surface area contributed by atoms with Crippen LogP contribution in [-0.4, -0.2) is 14.9 Å². The van der Waals surface area contributed by atoms with Crippen molar-refractivity contribution in [1.29, 1.82) is 0 Å². The molecule has 3 heteroatoms. The van der Waals surface area contributed by atoms with Crippen molar-refractivity contribution in [3.8, 4) is 5.88 Å². The van der Waals surface area contributed by atoms with E-state index < -0.39 is 0 Å². The smallest absolute Gasteiger partial charge is 0.212 e. The van der Waals surface area contributed by atoms with E-state index in [0.717, 1.165) is 24.2 Å². The molecule has 0 aliphatic rings. The molecule has 0 atom stereocenters. The minimum absolute atomic E-state index is 0.318. The Morgan fingerprint density at radius 2 is 2.08 bits per heavy atom. The molecule has 0 radical (unpaired) electrons. The molecule has 0 saturated carbocycles. The van der Waals surface area contributed by atoms with E-state index in [9.17, 15) is 5.11 Å². The van der Waals surface area contributed by atoms with E-state index in [1.807, 2.05) is 13.8 Å². The van der Waals surface area contributed by atoms with Gasteiger partial charge in [-0.05, 0) is 26.2 Å². The van der Waals surface area contributed by atoms with Gasteiger partial charge in [0.15, 0.2) is 0 Å². The van der Waals surface area contributed by atoms with Gasteiger partial charge in [0.2, 0.25) is 5.88 Å². The molecule has 1 rings (SSSR count). The third-order valence-corrected chi connectivity index (χ3v) is 2.16. The van der Waals surface area contributed by atoms with Gasteiger partial charge >= 0.3 is 0 Å². The second-order valence-electron chi connectivity index (χ2n) is 3.81. The van der Waals surface area contributed by atoms with Crippen LogP contribution in [-0.2, 0) is 13.0 Å². The van der Waals surface area contributed by atoms with E-state index in [1.54, 1.807) is 4.68 Å². The number of nitrogens with zero attached hydrogens (tertiary/aromatic N) is 2. The Bertz CT molecular complexity index is 289. The predicted molar refractivity (Wildman–Crippen MR) is 52.8 cm³/mol. The molecule has 1 aromatic heterocycles. The maximum Gasteiger partial charge on any atom is 0.212 e. The lowest BCUT2D eigenvalue weighted by Crippen LogP contribution is -1.99. The number of hydrogen-bond donors (Lipinski definition) is 1. The molecule has 1 N–H and O–H groups in total. The predicted octanol–water partition coefficient (Wildman–Crippen LogP) is 2.12. The summed E-state index contributed by atoms with van der Waals surface area (Å²) in [6.07, 6.45) is 0.937. The van der Waals surface area contributed by atoms with Gasteiger partial charge in [0.05, 0.1) is 5.69 Å². The summed E-state index contributed by atoms with van der Waals surface area (Å²) in [6.45, 7) is 8.94. The third kappa shape index (κ3) is 2.02. The highest BCUT2D eigenvalue weighted by atomic mass is 16.3. The van der Waals surface area contributed by atoms with Crippen LogP contribution in [0.25, 0.3) is 0 Å². The van der Waals surface area contributed by atoms with Crippen LogP contribution in [0.2, 0.25) is 0 Å². The molecule has 13 heavy (non-hydrogen) atoms. The minimum atomic E-state index is 0.318. The molecule has 0 aliphatic heterocycles. The highest BCUT2D eigenvalue weighted by molar-refractivity contribution is 5.29. The average molecular weight is 182 g/mol. The fraction of sp³-hybridized carbons (Fsp3) is 0.700. The molecular weight excluding hydrogens is 164 g/mol. The van der Waals surface area contributed by atoms with Gasteiger partial charge in [0.1, 0.15) is 0 Å². The Morgan fingerprint density at radius 1 is 1.46 bits per heavy atom. The van der Waals surface area contributed by atoms with Crippen molar-refractivity contribution in [3.63, 3.8) is 0 Å². The second-order valence-corrected chi connectivity index (χ2v) is 3.81. The SMILES string of the molecule is CCn1nc(CC(C)C)c(C)c1O. The van der Waals surface area contributed by atoms with Gasteiger partial charge in [-0.2, -0.15) is 5.10 Å². The molecule has 0 amide bonds. The lowest BCUT2D eigenvalue weighted by molar-refractivity contribution is 0.402. The Balaban J connectivity index is 2.95. The van der Waals surface area contributed by atoms with Crippen molar-refractivity contribution in [1.82, 2.24) is 9.78 Å². The van der Waals surface area contributed by atoms with E-state index in [1.165, 1.54) is 0 Å². The summed E-state index contributed by atoms with van der Waals surface area (Å²) in [6, 6.07) is 0. The number of aromatic nitrogens is 2. The molecule has 0 unspecified atom stereocenters. The molecule has 0 saturated heterocycles. The van der Waals surface area contributed by atoms with Gasteiger partial charge in [-0.1, -0.05) is 13.8 Å². The largest absolute Gasteiger partial charge is 0.493 e.